The van der Waals surface area contributed by atoms with E-state index in [4.69, 9.17) is 5.73 Å². The van der Waals surface area contributed by atoms with Crippen molar-refractivity contribution in [2.24, 2.45) is 0 Å². The first-order valence-electron chi connectivity index (χ1n) is 3.39. The minimum Gasteiger partial charge on any atom is -0.375 e. The van der Waals surface area contributed by atoms with Crippen LogP contribution in [0.1, 0.15) is 19.8 Å². The summed E-state index contributed by atoms with van der Waals surface area (Å²) in [5.74, 6) is 0. The van der Waals surface area contributed by atoms with E-state index in [1.807, 2.05) is 12.3 Å². The summed E-state index contributed by atoms with van der Waals surface area (Å²) in [7, 11) is 0. The van der Waals surface area contributed by atoms with Crippen LogP contribution in [0.5, 0.6) is 0 Å². The number of hydrogen-bond acceptors (Lipinski definition) is 4. The second-order valence-corrected chi connectivity index (χ2v) is 2.75. The van der Waals surface area contributed by atoms with Gasteiger partial charge >= 0.3 is 0 Å². The van der Waals surface area contributed by atoms with Crippen molar-refractivity contribution < 1.29 is 4.79 Å². The Labute approximate surface area is 70.3 Å². The monoisotopic (exact) mass is 172 g/mol. The highest BCUT2D eigenvalue weighted by molar-refractivity contribution is 7.13. The number of nitrogens with zero attached hydrogens (tertiary/aromatic N) is 1. The van der Waals surface area contributed by atoms with E-state index >= 15 is 0 Å². The second-order valence-electron chi connectivity index (χ2n) is 1.83. The van der Waals surface area contributed by atoms with E-state index in [0.717, 1.165) is 12.7 Å². The molecule has 1 aromatic rings. The van der Waals surface area contributed by atoms with Gasteiger partial charge in [0, 0.05) is 18.0 Å². The molecule has 0 saturated carbocycles. The van der Waals surface area contributed by atoms with Gasteiger partial charge in [-0.2, -0.15) is 0 Å². The van der Waals surface area contributed by atoms with E-state index < -0.39 is 0 Å². The molecule has 1 aromatic heterocycles. The summed E-state index contributed by atoms with van der Waals surface area (Å²) in [5.41, 5.74) is 5.19. The Morgan fingerprint density at radius 1 is 1.82 bits per heavy atom. The highest BCUT2D eigenvalue weighted by atomic mass is 32.1. The van der Waals surface area contributed by atoms with Crippen LogP contribution in [-0.4, -0.2) is 11.3 Å². The third-order valence-electron chi connectivity index (χ3n) is 0.858. The van der Waals surface area contributed by atoms with Gasteiger partial charge in [-0.3, -0.25) is 0 Å². The topological polar surface area (TPSA) is 56.0 Å². The van der Waals surface area contributed by atoms with Crippen LogP contribution < -0.4 is 5.73 Å². The molecule has 2 N–H and O–H groups in total. The zero-order valence-corrected chi connectivity index (χ0v) is 7.30. The number of anilines is 1. The Hall–Kier alpha value is -0.900. The summed E-state index contributed by atoms with van der Waals surface area (Å²) < 4.78 is 0. The van der Waals surface area contributed by atoms with Gasteiger partial charge in [0.05, 0.1) is 0 Å². The number of rotatable bonds is 2. The van der Waals surface area contributed by atoms with Gasteiger partial charge in [0.25, 0.3) is 0 Å². The van der Waals surface area contributed by atoms with Gasteiger partial charge in [0.1, 0.15) is 6.29 Å². The van der Waals surface area contributed by atoms with Crippen LogP contribution in [0.4, 0.5) is 5.13 Å². The van der Waals surface area contributed by atoms with Crippen molar-refractivity contribution >= 4 is 22.8 Å². The Balaban J connectivity index is 0.000000187. The minimum absolute atomic E-state index is 0.634. The first-order chi connectivity index (χ1) is 5.31. The molecule has 0 spiro atoms. The molecular weight excluding hydrogens is 160 g/mol. The smallest absolute Gasteiger partial charge is 0.179 e. The van der Waals surface area contributed by atoms with E-state index in [9.17, 15) is 4.79 Å². The largest absolute Gasteiger partial charge is 0.375 e. The first-order valence-corrected chi connectivity index (χ1v) is 4.27. The standard InChI is InChI=1S/C4H8O.C3H4N2S/c1-2-3-4-5;4-3-5-1-2-6-3/h4H,2-3H2,1H3;1-2H,(H2,4,5). The number of aldehydes is 1. The third kappa shape index (κ3) is 6.99. The van der Waals surface area contributed by atoms with Crippen molar-refractivity contribution in [1.29, 1.82) is 0 Å². The van der Waals surface area contributed by atoms with Gasteiger partial charge in [-0.05, 0) is 6.42 Å². The van der Waals surface area contributed by atoms with Crippen molar-refractivity contribution in [2.45, 2.75) is 19.8 Å². The molecule has 0 aliphatic rings. The third-order valence-corrected chi connectivity index (χ3v) is 1.46. The van der Waals surface area contributed by atoms with Crippen molar-refractivity contribution in [3.8, 4) is 0 Å². The van der Waals surface area contributed by atoms with E-state index in [1.165, 1.54) is 11.3 Å². The molecule has 0 fully saturated rings. The number of nitrogens with two attached hydrogens (primary N) is 1. The van der Waals surface area contributed by atoms with Gasteiger partial charge in [-0.15, -0.1) is 11.3 Å². The summed E-state index contributed by atoms with van der Waals surface area (Å²) in [6, 6.07) is 0. The fourth-order valence-electron chi connectivity index (χ4n) is 0.352. The van der Waals surface area contributed by atoms with Crippen LogP contribution in [0.15, 0.2) is 11.6 Å². The first kappa shape index (κ1) is 10.1. The molecule has 0 radical (unpaired) electrons. The Morgan fingerprint density at radius 2 is 2.55 bits per heavy atom. The molecule has 0 aliphatic carbocycles. The summed E-state index contributed by atoms with van der Waals surface area (Å²) in [6.45, 7) is 1.98. The van der Waals surface area contributed by atoms with Gasteiger partial charge in [0.15, 0.2) is 5.13 Å². The molecule has 1 rings (SSSR count). The normalized spacial score (nSPS) is 8.09. The number of hydrogen-bond donors (Lipinski definition) is 1. The molecule has 0 aromatic carbocycles. The maximum Gasteiger partial charge on any atom is 0.179 e. The highest BCUT2D eigenvalue weighted by Crippen LogP contribution is 2.02. The fraction of sp³-hybridized carbons (Fsp3) is 0.429. The zero-order chi connectivity index (χ0) is 8.53. The average molecular weight is 172 g/mol. The highest BCUT2D eigenvalue weighted by Gasteiger charge is 1.76. The van der Waals surface area contributed by atoms with Gasteiger partial charge in [0.2, 0.25) is 0 Å². The predicted octanol–water partition coefficient (Wildman–Crippen LogP) is 1.71. The van der Waals surface area contributed by atoms with E-state index in [1.54, 1.807) is 6.20 Å². The number of aromatic nitrogens is 1. The predicted molar refractivity (Wildman–Crippen MR) is 47.5 cm³/mol. The lowest BCUT2D eigenvalue weighted by atomic mass is 10.4. The molecule has 1 heterocycles. The van der Waals surface area contributed by atoms with Crippen molar-refractivity contribution in [3.63, 3.8) is 0 Å². The maximum atomic E-state index is 9.40. The summed E-state index contributed by atoms with van der Waals surface area (Å²) in [4.78, 5) is 13.1. The molecule has 0 saturated heterocycles. The number of carbonyl (C=O) groups excluding carboxylic acids is 1. The van der Waals surface area contributed by atoms with Crippen LogP contribution in [0, 0.1) is 0 Å². The van der Waals surface area contributed by atoms with Gasteiger partial charge < -0.3 is 10.5 Å². The quantitative estimate of drug-likeness (QED) is 0.691. The molecule has 0 amide bonds. The van der Waals surface area contributed by atoms with Crippen LogP contribution in [0.3, 0.4) is 0 Å². The van der Waals surface area contributed by atoms with E-state index in [-0.39, 0.29) is 0 Å². The second kappa shape index (κ2) is 7.21. The van der Waals surface area contributed by atoms with Crippen molar-refractivity contribution in [3.05, 3.63) is 11.6 Å². The number of nitrogen functional groups attached to an aromatic ring is 1. The summed E-state index contributed by atoms with van der Waals surface area (Å²) >= 11 is 1.44. The molecule has 3 nitrogen and oxygen atoms in total. The molecule has 4 heteroatoms. The van der Waals surface area contributed by atoms with E-state index in [2.05, 4.69) is 4.98 Å². The van der Waals surface area contributed by atoms with Gasteiger partial charge in [-0.1, -0.05) is 6.92 Å². The van der Waals surface area contributed by atoms with Crippen LogP contribution in [-0.2, 0) is 4.79 Å². The zero-order valence-electron chi connectivity index (χ0n) is 6.49. The summed E-state index contributed by atoms with van der Waals surface area (Å²) in [5, 5.41) is 2.48. The summed E-state index contributed by atoms with van der Waals surface area (Å²) in [6.07, 6.45) is 4.30. The number of carbonyl (C=O) groups is 1. The van der Waals surface area contributed by atoms with Crippen LogP contribution in [0.25, 0.3) is 0 Å². The Morgan fingerprint density at radius 3 is 2.64 bits per heavy atom. The molecule has 0 bridgehead atoms. The van der Waals surface area contributed by atoms with Crippen LogP contribution >= 0.6 is 11.3 Å². The lowest BCUT2D eigenvalue weighted by Crippen LogP contribution is -1.77. The molecular formula is C7H12N2OS. The van der Waals surface area contributed by atoms with E-state index in [0.29, 0.717) is 11.6 Å². The minimum atomic E-state index is 0.634. The fourth-order valence-corrected chi connectivity index (χ4v) is 0.735. The molecule has 0 atom stereocenters. The molecule has 0 aliphatic heterocycles. The van der Waals surface area contributed by atoms with Crippen LogP contribution in [0.2, 0.25) is 0 Å². The molecule has 62 valence electrons. The van der Waals surface area contributed by atoms with Crippen molar-refractivity contribution in [1.82, 2.24) is 4.98 Å². The lowest BCUT2D eigenvalue weighted by molar-refractivity contribution is -0.107. The lowest BCUT2D eigenvalue weighted by Gasteiger charge is -1.68. The number of thiazole rings is 1. The maximum absolute atomic E-state index is 9.40. The SMILES string of the molecule is CCCC=O.Nc1nccs1. The Kier molecular flexibility index (Phi) is 6.62. The van der Waals surface area contributed by atoms with Gasteiger partial charge in [-0.25, -0.2) is 4.98 Å². The molecule has 0 unspecified atom stereocenters. The molecule has 11 heavy (non-hydrogen) atoms. The number of unbranched alkanes of at least 4 members (excludes halogenated alkanes) is 1. The van der Waals surface area contributed by atoms with Crippen molar-refractivity contribution in [2.75, 3.05) is 5.73 Å². The Bertz CT molecular complexity index is 175. The average Bonchev–Trinajstić information content (AvgIpc) is 2.43.